The van der Waals surface area contributed by atoms with E-state index in [4.69, 9.17) is 11.6 Å². The van der Waals surface area contributed by atoms with Gasteiger partial charge >= 0.3 is 0 Å². The van der Waals surface area contributed by atoms with E-state index in [-0.39, 0.29) is 5.02 Å². The minimum atomic E-state index is -0.405. The Bertz CT molecular complexity index is 498. The first-order valence-corrected chi connectivity index (χ1v) is 6.05. The maximum atomic E-state index is 13.3. The normalized spacial score (nSPS) is 10.4. The van der Waals surface area contributed by atoms with E-state index >= 15 is 0 Å². The third kappa shape index (κ3) is 2.33. The Morgan fingerprint density at radius 1 is 1.50 bits per heavy atom. The van der Waals surface area contributed by atoms with Crippen molar-refractivity contribution in [1.82, 2.24) is 4.98 Å². The molecule has 16 heavy (non-hydrogen) atoms. The zero-order valence-electron chi connectivity index (χ0n) is 8.63. The van der Waals surface area contributed by atoms with Crippen LogP contribution in [0.1, 0.15) is 6.92 Å². The lowest BCUT2D eigenvalue weighted by Gasteiger charge is -1.98. The Morgan fingerprint density at radius 2 is 2.31 bits per heavy atom. The van der Waals surface area contributed by atoms with Crippen molar-refractivity contribution >= 4 is 28.1 Å². The second kappa shape index (κ2) is 4.80. The quantitative estimate of drug-likeness (QED) is 0.897. The van der Waals surface area contributed by atoms with Crippen LogP contribution >= 0.6 is 22.9 Å². The van der Waals surface area contributed by atoms with Gasteiger partial charge in [0.25, 0.3) is 0 Å². The summed E-state index contributed by atoms with van der Waals surface area (Å²) in [6, 6.07) is 4.76. The molecule has 1 aromatic heterocycles. The van der Waals surface area contributed by atoms with Crippen molar-refractivity contribution in [2.45, 2.75) is 6.92 Å². The number of aromatic nitrogens is 1. The van der Waals surface area contributed by atoms with Crippen molar-refractivity contribution in [2.75, 3.05) is 11.9 Å². The molecule has 0 aliphatic heterocycles. The Kier molecular flexibility index (Phi) is 3.41. The zero-order chi connectivity index (χ0) is 11.5. The van der Waals surface area contributed by atoms with Crippen LogP contribution < -0.4 is 5.32 Å². The Labute approximate surface area is 102 Å². The van der Waals surface area contributed by atoms with Crippen LogP contribution in [0.15, 0.2) is 24.4 Å². The van der Waals surface area contributed by atoms with E-state index in [2.05, 4.69) is 10.3 Å². The fourth-order valence-electron chi connectivity index (χ4n) is 1.29. The van der Waals surface area contributed by atoms with E-state index in [1.54, 1.807) is 18.3 Å². The molecular formula is C11H10ClFN2S. The molecule has 0 atom stereocenters. The highest BCUT2D eigenvalue weighted by Crippen LogP contribution is 2.30. The van der Waals surface area contributed by atoms with Gasteiger partial charge in [0.15, 0.2) is 5.13 Å². The number of thiazole rings is 1. The minimum absolute atomic E-state index is 0.139. The van der Waals surface area contributed by atoms with Crippen LogP contribution in [0.5, 0.6) is 0 Å². The SMILES string of the molecule is CCNc1ncc(-c2ccc(Cl)c(F)c2)s1. The molecule has 2 nitrogen and oxygen atoms in total. The number of hydrogen-bond acceptors (Lipinski definition) is 3. The molecule has 2 aromatic rings. The predicted molar refractivity (Wildman–Crippen MR) is 66.7 cm³/mol. The summed E-state index contributed by atoms with van der Waals surface area (Å²) in [4.78, 5) is 5.11. The molecule has 0 amide bonds. The van der Waals surface area contributed by atoms with Crippen molar-refractivity contribution in [3.63, 3.8) is 0 Å². The average molecular weight is 257 g/mol. The van der Waals surface area contributed by atoms with Gasteiger partial charge in [0.05, 0.1) is 9.90 Å². The summed E-state index contributed by atoms with van der Waals surface area (Å²) in [6.45, 7) is 2.82. The second-order valence-corrected chi connectivity index (χ2v) is 4.63. The van der Waals surface area contributed by atoms with Crippen molar-refractivity contribution < 1.29 is 4.39 Å². The molecule has 2 rings (SSSR count). The summed E-state index contributed by atoms with van der Waals surface area (Å²) in [5.41, 5.74) is 0.795. The highest BCUT2D eigenvalue weighted by Gasteiger charge is 2.06. The molecule has 1 aromatic carbocycles. The number of anilines is 1. The molecule has 1 heterocycles. The summed E-state index contributed by atoms with van der Waals surface area (Å²) < 4.78 is 13.3. The summed E-state index contributed by atoms with van der Waals surface area (Å²) in [7, 11) is 0. The Morgan fingerprint density at radius 3 is 3.00 bits per heavy atom. The number of benzene rings is 1. The lowest BCUT2D eigenvalue weighted by Crippen LogP contribution is -1.94. The fraction of sp³-hybridized carbons (Fsp3) is 0.182. The molecule has 0 aliphatic rings. The van der Waals surface area contributed by atoms with E-state index in [0.29, 0.717) is 0 Å². The molecule has 0 fully saturated rings. The van der Waals surface area contributed by atoms with Gasteiger partial charge in [-0.05, 0) is 24.6 Å². The highest BCUT2D eigenvalue weighted by atomic mass is 35.5. The van der Waals surface area contributed by atoms with Gasteiger partial charge in [-0.1, -0.05) is 29.0 Å². The first-order valence-electron chi connectivity index (χ1n) is 4.86. The number of rotatable bonds is 3. The van der Waals surface area contributed by atoms with Gasteiger partial charge in [-0.15, -0.1) is 0 Å². The third-order valence-corrected chi connectivity index (χ3v) is 3.35. The number of nitrogens with one attached hydrogen (secondary N) is 1. The Balaban J connectivity index is 2.31. The van der Waals surface area contributed by atoms with Crippen LogP contribution in [-0.4, -0.2) is 11.5 Å². The highest BCUT2D eigenvalue weighted by molar-refractivity contribution is 7.18. The van der Waals surface area contributed by atoms with Gasteiger partial charge in [-0.3, -0.25) is 0 Å². The predicted octanol–water partition coefficient (Wildman–Crippen LogP) is 4.03. The van der Waals surface area contributed by atoms with E-state index in [1.165, 1.54) is 17.4 Å². The molecule has 0 unspecified atom stereocenters. The minimum Gasteiger partial charge on any atom is -0.362 e. The van der Waals surface area contributed by atoms with Crippen LogP contribution in [-0.2, 0) is 0 Å². The molecule has 5 heteroatoms. The summed E-state index contributed by atoms with van der Waals surface area (Å²) in [5.74, 6) is -0.405. The van der Waals surface area contributed by atoms with E-state index in [0.717, 1.165) is 22.1 Å². The van der Waals surface area contributed by atoms with Crippen LogP contribution in [0.2, 0.25) is 5.02 Å². The van der Waals surface area contributed by atoms with E-state index in [9.17, 15) is 4.39 Å². The fourth-order valence-corrected chi connectivity index (χ4v) is 2.29. The lowest BCUT2D eigenvalue weighted by atomic mass is 10.2. The molecule has 0 saturated carbocycles. The molecule has 0 aliphatic carbocycles. The summed E-state index contributed by atoms with van der Waals surface area (Å²) >= 11 is 7.12. The molecule has 0 radical (unpaired) electrons. The number of halogens is 2. The molecule has 84 valence electrons. The topological polar surface area (TPSA) is 24.9 Å². The number of hydrogen-bond donors (Lipinski definition) is 1. The number of nitrogens with zero attached hydrogens (tertiary/aromatic N) is 1. The maximum absolute atomic E-state index is 13.3. The van der Waals surface area contributed by atoms with Gasteiger partial charge in [0, 0.05) is 12.7 Å². The average Bonchev–Trinajstić information content (AvgIpc) is 2.71. The molecular weight excluding hydrogens is 247 g/mol. The Hall–Kier alpha value is -1.13. The van der Waals surface area contributed by atoms with E-state index < -0.39 is 5.82 Å². The standard InChI is InChI=1S/C11H10ClFN2S/c1-2-14-11-15-6-10(16-11)7-3-4-8(12)9(13)5-7/h3-6H,2H2,1H3,(H,14,15). The maximum Gasteiger partial charge on any atom is 0.183 e. The molecule has 0 spiro atoms. The van der Waals surface area contributed by atoms with Crippen molar-refractivity contribution in [1.29, 1.82) is 0 Å². The first kappa shape index (κ1) is 11.4. The van der Waals surface area contributed by atoms with Crippen LogP contribution in [0, 0.1) is 5.82 Å². The first-order chi connectivity index (χ1) is 7.70. The smallest absolute Gasteiger partial charge is 0.183 e. The molecule has 1 N–H and O–H groups in total. The van der Waals surface area contributed by atoms with Crippen molar-refractivity contribution in [3.8, 4) is 10.4 Å². The van der Waals surface area contributed by atoms with Crippen molar-refractivity contribution in [3.05, 3.63) is 35.2 Å². The van der Waals surface area contributed by atoms with Gasteiger partial charge in [0.2, 0.25) is 0 Å². The van der Waals surface area contributed by atoms with Gasteiger partial charge in [0.1, 0.15) is 5.82 Å². The summed E-state index contributed by atoms with van der Waals surface area (Å²) in [5, 5.41) is 4.09. The second-order valence-electron chi connectivity index (χ2n) is 3.19. The van der Waals surface area contributed by atoms with Gasteiger partial charge in [-0.25, -0.2) is 9.37 Å². The van der Waals surface area contributed by atoms with Crippen LogP contribution in [0.4, 0.5) is 9.52 Å². The van der Waals surface area contributed by atoms with Crippen LogP contribution in [0.3, 0.4) is 0 Å². The van der Waals surface area contributed by atoms with Gasteiger partial charge < -0.3 is 5.32 Å². The largest absolute Gasteiger partial charge is 0.362 e. The molecule has 0 bridgehead atoms. The third-order valence-electron chi connectivity index (χ3n) is 2.04. The monoisotopic (exact) mass is 256 g/mol. The van der Waals surface area contributed by atoms with Crippen molar-refractivity contribution in [2.24, 2.45) is 0 Å². The summed E-state index contributed by atoms with van der Waals surface area (Å²) in [6.07, 6.45) is 1.73. The van der Waals surface area contributed by atoms with Gasteiger partial charge in [-0.2, -0.15) is 0 Å². The van der Waals surface area contributed by atoms with E-state index in [1.807, 2.05) is 6.92 Å². The lowest BCUT2D eigenvalue weighted by molar-refractivity contribution is 0.629. The van der Waals surface area contributed by atoms with Crippen LogP contribution in [0.25, 0.3) is 10.4 Å². The molecule has 0 saturated heterocycles. The zero-order valence-corrected chi connectivity index (χ0v) is 10.2.